The second-order valence-corrected chi connectivity index (χ2v) is 5.30. The van der Waals surface area contributed by atoms with Crippen molar-refractivity contribution >= 4 is 0 Å². The van der Waals surface area contributed by atoms with Crippen LogP contribution < -0.4 is 5.32 Å². The highest BCUT2D eigenvalue weighted by atomic mass is 19.1. The molecule has 1 N–H and O–H groups in total. The molecule has 0 atom stereocenters. The van der Waals surface area contributed by atoms with Crippen LogP contribution in [0.2, 0.25) is 0 Å². The van der Waals surface area contributed by atoms with E-state index in [0.29, 0.717) is 12.3 Å². The number of benzene rings is 1. The van der Waals surface area contributed by atoms with Crippen molar-refractivity contribution in [3.8, 4) is 0 Å². The van der Waals surface area contributed by atoms with Gasteiger partial charge in [0.25, 0.3) is 0 Å². The number of halogens is 1. The molecule has 0 saturated heterocycles. The van der Waals surface area contributed by atoms with E-state index in [1.165, 1.54) is 12.1 Å². The lowest BCUT2D eigenvalue weighted by Crippen LogP contribution is -2.20. The summed E-state index contributed by atoms with van der Waals surface area (Å²) in [6.45, 7) is 6.03. The van der Waals surface area contributed by atoms with Crippen LogP contribution >= 0.6 is 0 Å². The molecule has 1 aromatic heterocycles. The van der Waals surface area contributed by atoms with Gasteiger partial charge in [0.1, 0.15) is 11.6 Å². The van der Waals surface area contributed by atoms with Gasteiger partial charge in [-0.25, -0.2) is 14.4 Å². The van der Waals surface area contributed by atoms with E-state index in [-0.39, 0.29) is 5.82 Å². The molecule has 0 fully saturated rings. The normalized spacial score (nSPS) is 11.0. The largest absolute Gasteiger partial charge is 0.311 e. The van der Waals surface area contributed by atoms with E-state index in [4.69, 9.17) is 0 Å². The van der Waals surface area contributed by atoms with Gasteiger partial charge in [-0.3, -0.25) is 0 Å². The zero-order valence-corrected chi connectivity index (χ0v) is 11.9. The molecule has 106 valence electrons. The van der Waals surface area contributed by atoms with E-state index in [9.17, 15) is 4.39 Å². The van der Waals surface area contributed by atoms with Gasteiger partial charge in [-0.1, -0.05) is 26.0 Å². The number of nitrogens with zero attached hydrogens (tertiary/aromatic N) is 2. The first-order valence-corrected chi connectivity index (χ1v) is 6.89. The highest BCUT2D eigenvalue weighted by Gasteiger charge is 2.03. The zero-order valence-electron chi connectivity index (χ0n) is 11.9. The van der Waals surface area contributed by atoms with E-state index < -0.39 is 0 Å². The molecule has 0 unspecified atom stereocenters. The summed E-state index contributed by atoms with van der Waals surface area (Å²) in [5, 5.41) is 3.35. The lowest BCUT2D eigenvalue weighted by Gasteiger charge is -2.08. The van der Waals surface area contributed by atoms with Gasteiger partial charge < -0.3 is 5.32 Å². The smallest absolute Gasteiger partial charge is 0.132 e. The highest BCUT2D eigenvalue weighted by molar-refractivity contribution is 5.20. The molecule has 0 amide bonds. The fourth-order valence-electron chi connectivity index (χ4n) is 1.94. The number of aromatic nitrogens is 2. The molecule has 0 saturated carbocycles. The number of rotatable bonds is 6. The molecule has 3 nitrogen and oxygen atoms in total. The van der Waals surface area contributed by atoms with Crippen molar-refractivity contribution in [3.05, 3.63) is 59.4 Å². The zero-order chi connectivity index (χ0) is 14.4. The van der Waals surface area contributed by atoms with Crippen molar-refractivity contribution in [2.75, 3.05) is 6.54 Å². The summed E-state index contributed by atoms with van der Waals surface area (Å²) in [5.74, 6) is 1.11. The predicted molar refractivity (Wildman–Crippen MR) is 77.8 cm³/mol. The minimum Gasteiger partial charge on any atom is -0.311 e. The standard InChI is InChI=1S/C16H20FN3/c1-12(2)10-18-11-15-6-7-19-16(20-15)9-13-4-3-5-14(17)8-13/h3-8,12,18H,9-11H2,1-2H3. The van der Waals surface area contributed by atoms with Gasteiger partial charge in [0.05, 0.1) is 5.69 Å². The van der Waals surface area contributed by atoms with E-state index in [1.54, 1.807) is 12.3 Å². The molecule has 20 heavy (non-hydrogen) atoms. The Morgan fingerprint density at radius 1 is 1.25 bits per heavy atom. The van der Waals surface area contributed by atoms with E-state index in [0.717, 1.165) is 30.2 Å². The molecule has 0 aliphatic rings. The van der Waals surface area contributed by atoms with Crippen LogP contribution in [0.3, 0.4) is 0 Å². The summed E-state index contributed by atoms with van der Waals surface area (Å²) in [6, 6.07) is 8.46. The van der Waals surface area contributed by atoms with E-state index >= 15 is 0 Å². The minimum absolute atomic E-state index is 0.225. The lowest BCUT2D eigenvalue weighted by atomic mass is 10.1. The van der Waals surface area contributed by atoms with Gasteiger partial charge in [-0.2, -0.15) is 0 Å². The summed E-state index contributed by atoms with van der Waals surface area (Å²) in [5.41, 5.74) is 1.85. The molecule has 4 heteroatoms. The Kier molecular flexibility index (Phi) is 5.18. The Bertz CT molecular complexity index is 555. The molecule has 0 aliphatic heterocycles. The van der Waals surface area contributed by atoms with Crippen LogP contribution in [0.1, 0.15) is 30.9 Å². The maximum atomic E-state index is 13.1. The summed E-state index contributed by atoms with van der Waals surface area (Å²) >= 11 is 0. The fourth-order valence-corrected chi connectivity index (χ4v) is 1.94. The Balaban J connectivity index is 1.99. The molecule has 2 aromatic rings. The second-order valence-electron chi connectivity index (χ2n) is 5.30. The van der Waals surface area contributed by atoms with Crippen LogP contribution in [0.15, 0.2) is 36.5 Å². The third-order valence-corrected chi connectivity index (χ3v) is 2.87. The first-order chi connectivity index (χ1) is 9.63. The number of nitrogens with one attached hydrogen (secondary N) is 1. The highest BCUT2D eigenvalue weighted by Crippen LogP contribution is 2.08. The van der Waals surface area contributed by atoms with Crippen molar-refractivity contribution in [2.24, 2.45) is 5.92 Å². The van der Waals surface area contributed by atoms with Gasteiger partial charge >= 0.3 is 0 Å². The SMILES string of the molecule is CC(C)CNCc1ccnc(Cc2cccc(F)c2)n1. The van der Waals surface area contributed by atoms with Gasteiger partial charge in [0, 0.05) is 19.2 Å². The third kappa shape index (κ3) is 4.70. The van der Waals surface area contributed by atoms with Crippen molar-refractivity contribution < 1.29 is 4.39 Å². The van der Waals surface area contributed by atoms with Crippen LogP contribution in [0.5, 0.6) is 0 Å². The van der Waals surface area contributed by atoms with Crippen molar-refractivity contribution in [3.63, 3.8) is 0 Å². The maximum absolute atomic E-state index is 13.1. The summed E-state index contributed by atoms with van der Waals surface area (Å²) in [6.07, 6.45) is 2.31. The van der Waals surface area contributed by atoms with Gasteiger partial charge in [0.15, 0.2) is 0 Å². The third-order valence-electron chi connectivity index (χ3n) is 2.87. The molecule has 0 aliphatic carbocycles. The van der Waals surface area contributed by atoms with Crippen LogP contribution in [0.25, 0.3) is 0 Å². The van der Waals surface area contributed by atoms with Crippen LogP contribution in [0.4, 0.5) is 4.39 Å². The molecule has 2 rings (SSSR count). The summed E-state index contributed by atoms with van der Waals surface area (Å²) in [7, 11) is 0. The van der Waals surface area contributed by atoms with Crippen molar-refractivity contribution in [1.82, 2.24) is 15.3 Å². The Labute approximate surface area is 119 Å². The maximum Gasteiger partial charge on any atom is 0.132 e. The van der Waals surface area contributed by atoms with Gasteiger partial charge in [-0.15, -0.1) is 0 Å². The predicted octanol–water partition coefficient (Wildman–Crippen LogP) is 2.95. The molecule has 0 spiro atoms. The van der Waals surface area contributed by atoms with Gasteiger partial charge in [-0.05, 0) is 36.2 Å². The fraction of sp³-hybridized carbons (Fsp3) is 0.375. The second kappa shape index (κ2) is 7.10. The first kappa shape index (κ1) is 14.6. The molecule has 0 radical (unpaired) electrons. The van der Waals surface area contributed by atoms with E-state index in [2.05, 4.69) is 29.1 Å². The summed E-state index contributed by atoms with van der Waals surface area (Å²) < 4.78 is 13.1. The first-order valence-electron chi connectivity index (χ1n) is 6.89. The monoisotopic (exact) mass is 273 g/mol. The summed E-state index contributed by atoms with van der Waals surface area (Å²) in [4.78, 5) is 8.74. The number of hydrogen-bond donors (Lipinski definition) is 1. The van der Waals surface area contributed by atoms with E-state index in [1.807, 2.05) is 12.1 Å². The Morgan fingerprint density at radius 3 is 2.85 bits per heavy atom. The quantitative estimate of drug-likeness (QED) is 0.879. The number of hydrogen-bond acceptors (Lipinski definition) is 3. The topological polar surface area (TPSA) is 37.8 Å². The molecule has 1 heterocycles. The molecular formula is C16H20FN3. The van der Waals surface area contributed by atoms with Crippen LogP contribution in [-0.4, -0.2) is 16.5 Å². The molecule has 0 bridgehead atoms. The van der Waals surface area contributed by atoms with Gasteiger partial charge in [0.2, 0.25) is 0 Å². The Hall–Kier alpha value is -1.81. The average molecular weight is 273 g/mol. The minimum atomic E-state index is -0.225. The van der Waals surface area contributed by atoms with Crippen LogP contribution in [0, 0.1) is 11.7 Å². The molecular weight excluding hydrogens is 253 g/mol. The van der Waals surface area contributed by atoms with Crippen molar-refractivity contribution in [1.29, 1.82) is 0 Å². The Morgan fingerprint density at radius 2 is 2.10 bits per heavy atom. The van der Waals surface area contributed by atoms with Crippen molar-refractivity contribution in [2.45, 2.75) is 26.8 Å². The average Bonchev–Trinajstić information content (AvgIpc) is 2.39. The van der Waals surface area contributed by atoms with Crippen LogP contribution in [-0.2, 0) is 13.0 Å². The molecule has 1 aromatic carbocycles. The lowest BCUT2D eigenvalue weighted by molar-refractivity contribution is 0.547.